The predicted molar refractivity (Wildman–Crippen MR) is 93.4 cm³/mol. The molecule has 1 amide bonds. The maximum Gasteiger partial charge on any atom is 0.348 e. The van der Waals surface area contributed by atoms with Gasteiger partial charge in [-0.25, -0.2) is 4.79 Å². The molecule has 0 fully saturated rings. The van der Waals surface area contributed by atoms with Crippen LogP contribution in [0, 0.1) is 0 Å². The van der Waals surface area contributed by atoms with E-state index in [0.29, 0.717) is 22.2 Å². The van der Waals surface area contributed by atoms with E-state index in [2.05, 4.69) is 15.6 Å². The van der Waals surface area contributed by atoms with Gasteiger partial charge in [0.1, 0.15) is 0 Å². The number of anilines is 2. The minimum atomic E-state index is -0.468. The first-order valence-electron chi connectivity index (χ1n) is 7.61. The molecule has 3 aromatic rings. The molecule has 6 nitrogen and oxygen atoms in total. The Labute approximate surface area is 138 Å². The fourth-order valence-corrected chi connectivity index (χ4v) is 2.25. The summed E-state index contributed by atoms with van der Waals surface area (Å²) in [6.07, 6.45) is 0. The van der Waals surface area contributed by atoms with Gasteiger partial charge in [0.2, 0.25) is 0 Å². The molecule has 3 rings (SSSR count). The molecule has 2 N–H and O–H groups in total. The molecule has 1 heterocycles. The molecular formula is C18H17N3O3. The van der Waals surface area contributed by atoms with Crippen LogP contribution in [-0.2, 0) is 0 Å². The number of hydrogen-bond donors (Lipinski definition) is 2. The normalized spacial score (nSPS) is 10.8. The monoisotopic (exact) mass is 323 g/mol. The second-order valence-electron chi connectivity index (χ2n) is 5.66. The zero-order chi connectivity index (χ0) is 17.1. The first-order chi connectivity index (χ1) is 11.5. The van der Waals surface area contributed by atoms with E-state index < -0.39 is 5.63 Å². The Morgan fingerprint density at radius 1 is 1.12 bits per heavy atom. The lowest BCUT2D eigenvalue weighted by molar-refractivity contribution is 0.102. The average molecular weight is 323 g/mol. The molecule has 0 unspecified atom stereocenters. The van der Waals surface area contributed by atoms with Crippen molar-refractivity contribution < 1.29 is 9.21 Å². The Kier molecular flexibility index (Phi) is 4.29. The van der Waals surface area contributed by atoms with E-state index in [1.165, 1.54) is 0 Å². The lowest BCUT2D eigenvalue weighted by Gasteiger charge is -2.09. The van der Waals surface area contributed by atoms with Gasteiger partial charge in [-0.1, -0.05) is 18.2 Å². The topological polar surface area (TPSA) is 84.2 Å². The molecule has 0 aliphatic heterocycles. The number of nitrogens with one attached hydrogen (secondary N) is 2. The molecule has 0 bridgehead atoms. The van der Waals surface area contributed by atoms with E-state index in [-0.39, 0.29) is 18.0 Å². The molecule has 122 valence electrons. The number of fused-ring (bicyclic) bond motifs is 1. The van der Waals surface area contributed by atoms with Gasteiger partial charge in [0.05, 0.1) is 10.9 Å². The molecule has 24 heavy (non-hydrogen) atoms. The summed E-state index contributed by atoms with van der Waals surface area (Å²) in [5, 5.41) is 6.12. The van der Waals surface area contributed by atoms with Gasteiger partial charge < -0.3 is 15.1 Å². The molecule has 1 aromatic heterocycles. The van der Waals surface area contributed by atoms with Crippen LogP contribution >= 0.6 is 0 Å². The standard InChI is InChI=1S/C18H17N3O3/c1-11(2)19-18-21-15-10-13(8-9-14(15)17(23)24-18)20-16(22)12-6-4-3-5-7-12/h3-11H,1-2H3,(H,19,21)(H,20,22). The number of carbonyl (C=O) groups is 1. The molecule has 0 radical (unpaired) electrons. The van der Waals surface area contributed by atoms with Crippen LogP contribution in [0.25, 0.3) is 10.9 Å². The summed E-state index contributed by atoms with van der Waals surface area (Å²) in [6.45, 7) is 3.84. The Morgan fingerprint density at radius 3 is 2.58 bits per heavy atom. The van der Waals surface area contributed by atoms with Gasteiger partial charge in [-0.05, 0) is 44.2 Å². The van der Waals surface area contributed by atoms with Crippen molar-refractivity contribution in [2.24, 2.45) is 0 Å². The second-order valence-corrected chi connectivity index (χ2v) is 5.66. The number of nitrogens with zero attached hydrogens (tertiary/aromatic N) is 1. The van der Waals surface area contributed by atoms with Crippen molar-refractivity contribution in [3.05, 3.63) is 64.5 Å². The van der Waals surface area contributed by atoms with E-state index in [1.807, 2.05) is 19.9 Å². The summed E-state index contributed by atoms with van der Waals surface area (Å²) in [5.41, 5.74) is 1.11. The number of carbonyl (C=O) groups excluding carboxylic acids is 1. The molecule has 0 atom stereocenters. The van der Waals surface area contributed by atoms with Crippen LogP contribution in [0.4, 0.5) is 11.7 Å². The van der Waals surface area contributed by atoms with Gasteiger partial charge in [-0.3, -0.25) is 4.79 Å². The van der Waals surface area contributed by atoms with Crippen LogP contribution < -0.4 is 16.3 Å². The fraction of sp³-hybridized carbons (Fsp3) is 0.167. The highest BCUT2D eigenvalue weighted by molar-refractivity contribution is 6.05. The SMILES string of the molecule is CC(C)Nc1nc2cc(NC(=O)c3ccccc3)ccc2c(=O)o1. The van der Waals surface area contributed by atoms with Crippen LogP contribution in [0.1, 0.15) is 24.2 Å². The zero-order valence-corrected chi connectivity index (χ0v) is 13.4. The molecular weight excluding hydrogens is 306 g/mol. The molecule has 2 aromatic carbocycles. The van der Waals surface area contributed by atoms with Crippen molar-refractivity contribution in [3.63, 3.8) is 0 Å². The number of aromatic nitrogens is 1. The second kappa shape index (κ2) is 6.54. The van der Waals surface area contributed by atoms with Gasteiger partial charge in [-0.2, -0.15) is 4.98 Å². The van der Waals surface area contributed by atoms with E-state index in [0.717, 1.165) is 0 Å². The average Bonchev–Trinajstić information content (AvgIpc) is 2.54. The molecule has 0 saturated heterocycles. The van der Waals surface area contributed by atoms with Crippen LogP contribution in [0.2, 0.25) is 0 Å². The van der Waals surface area contributed by atoms with Crippen molar-refractivity contribution in [3.8, 4) is 0 Å². The largest absolute Gasteiger partial charge is 0.389 e. The summed E-state index contributed by atoms with van der Waals surface area (Å²) in [7, 11) is 0. The van der Waals surface area contributed by atoms with Crippen LogP contribution in [0.5, 0.6) is 0 Å². The van der Waals surface area contributed by atoms with E-state index in [4.69, 9.17) is 4.42 Å². The lowest BCUT2D eigenvalue weighted by Crippen LogP contribution is -2.14. The molecule has 0 spiro atoms. The van der Waals surface area contributed by atoms with Crippen LogP contribution in [0.15, 0.2) is 57.7 Å². The molecule has 0 saturated carbocycles. The Bertz CT molecular complexity index is 933. The summed E-state index contributed by atoms with van der Waals surface area (Å²) in [4.78, 5) is 28.5. The summed E-state index contributed by atoms with van der Waals surface area (Å²) in [6, 6.07) is 14.0. The molecule has 0 aliphatic rings. The lowest BCUT2D eigenvalue weighted by atomic mass is 10.2. The first-order valence-corrected chi connectivity index (χ1v) is 7.61. The maximum absolute atomic E-state index is 12.2. The molecule has 0 aliphatic carbocycles. The van der Waals surface area contributed by atoms with Crippen LogP contribution in [-0.4, -0.2) is 16.9 Å². The first kappa shape index (κ1) is 15.7. The Hall–Kier alpha value is -3.15. The van der Waals surface area contributed by atoms with Crippen molar-refractivity contribution in [2.45, 2.75) is 19.9 Å². The van der Waals surface area contributed by atoms with E-state index >= 15 is 0 Å². The Balaban J connectivity index is 1.92. The van der Waals surface area contributed by atoms with Crippen molar-refractivity contribution in [2.75, 3.05) is 10.6 Å². The summed E-state index contributed by atoms with van der Waals surface area (Å²) >= 11 is 0. The van der Waals surface area contributed by atoms with Gasteiger partial charge in [-0.15, -0.1) is 0 Å². The van der Waals surface area contributed by atoms with E-state index in [1.54, 1.807) is 42.5 Å². The highest BCUT2D eigenvalue weighted by Crippen LogP contribution is 2.18. The fourth-order valence-electron chi connectivity index (χ4n) is 2.25. The summed E-state index contributed by atoms with van der Waals surface area (Å²) < 4.78 is 5.13. The van der Waals surface area contributed by atoms with Gasteiger partial charge in [0.25, 0.3) is 11.9 Å². The zero-order valence-electron chi connectivity index (χ0n) is 13.4. The van der Waals surface area contributed by atoms with Crippen molar-refractivity contribution >= 4 is 28.5 Å². The molecule has 6 heteroatoms. The third kappa shape index (κ3) is 3.43. The van der Waals surface area contributed by atoms with Gasteiger partial charge in [0.15, 0.2) is 0 Å². The van der Waals surface area contributed by atoms with Crippen LogP contribution in [0.3, 0.4) is 0 Å². The van der Waals surface area contributed by atoms with Gasteiger partial charge in [0, 0.05) is 17.3 Å². The van der Waals surface area contributed by atoms with E-state index in [9.17, 15) is 9.59 Å². The number of rotatable bonds is 4. The van der Waals surface area contributed by atoms with Crippen molar-refractivity contribution in [1.82, 2.24) is 4.98 Å². The third-order valence-corrected chi connectivity index (χ3v) is 3.34. The quantitative estimate of drug-likeness (QED) is 0.770. The highest BCUT2D eigenvalue weighted by Gasteiger charge is 2.10. The minimum absolute atomic E-state index is 0.0825. The predicted octanol–water partition coefficient (Wildman–Crippen LogP) is 3.26. The highest BCUT2D eigenvalue weighted by atomic mass is 16.4. The van der Waals surface area contributed by atoms with Gasteiger partial charge >= 0.3 is 5.63 Å². The number of amides is 1. The summed E-state index contributed by atoms with van der Waals surface area (Å²) in [5.74, 6) is -0.224. The smallest absolute Gasteiger partial charge is 0.348 e. The minimum Gasteiger partial charge on any atom is -0.389 e. The number of hydrogen-bond acceptors (Lipinski definition) is 5. The third-order valence-electron chi connectivity index (χ3n) is 3.34. The maximum atomic E-state index is 12.2. The Morgan fingerprint density at radius 2 is 1.88 bits per heavy atom. The number of benzene rings is 2. The van der Waals surface area contributed by atoms with Crippen molar-refractivity contribution in [1.29, 1.82) is 0 Å².